The lowest BCUT2D eigenvalue weighted by Crippen LogP contribution is -2.35. The number of nitrogens with zero attached hydrogens (tertiary/aromatic N) is 2. The molecule has 1 aliphatic rings. The summed E-state index contributed by atoms with van der Waals surface area (Å²) in [5.74, 6) is 0.399. The van der Waals surface area contributed by atoms with Gasteiger partial charge in [-0.05, 0) is 36.3 Å². The molecule has 0 saturated carbocycles. The van der Waals surface area contributed by atoms with E-state index in [2.05, 4.69) is 17.1 Å². The second-order valence-electron chi connectivity index (χ2n) is 6.39. The number of nitro benzene ring substituents is 1. The third-order valence-corrected chi connectivity index (χ3v) is 5.44. The summed E-state index contributed by atoms with van der Waals surface area (Å²) in [5, 5.41) is 15.9. The summed E-state index contributed by atoms with van der Waals surface area (Å²) in [6.07, 6.45) is 2.13. The number of nitrogens with one attached hydrogen (secondary N) is 1. The average molecular weight is 359 g/mol. The minimum absolute atomic E-state index is 0.0598. The monoisotopic (exact) mass is 359 g/mol. The molecule has 1 saturated heterocycles. The number of benzene rings is 1. The van der Waals surface area contributed by atoms with Gasteiger partial charge in [-0.25, -0.2) is 0 Å². The van der Waals surface area contributed by atoms with Gasteiger partial charge in [0.15, 0.2) is 0 Å². The molecule has 0 bridgehead atoms. The van der Waals surface area contributed by atoms with Crippen LogP contribution in [0.15, 0.2) is 35.7 Å². The van der Waals surface area contributed by atoms with Crippen LogP contribution < -0.4 is 10.2 Å². The van der Waals surface area contributed by atoms with Crippen molar-refractivity contribution in [2.75, 3.05) is 18.0 Å². The van der Waals surface area contributed by atoms with Crippen molar-refractivity contribution in [2.45, 2.75) is 26.3 Å². The van der Waals surface area contributed by atoms with Crippen molar-refractivity contribution >= 4 is 28.6 Å². The first kappa shape index (κ1) is 17.4. The predicted octanol–water partition coefficient (Wildman–Crippen LogP) is 3.82. The van der Waals surface area contributed by atoms with E-state index in [1.807, 2.05) is 17.5 Å². The highest BCUT2D eigenvalue weighted by molar-refractivity contribution is 7.09. The fourth-order valence-corrected chi connectivity index (χ4v) is 3.67. The summed E-state index contributed by atoms with van der Waals surface area (Å²) in [5.41, 5.74) is 1.09. The Morgan fingerprint density at radius 3 is 2.76 bits per heavy atom. The molecule has 1 N–H and O–H groups in total. The Balaban J connectivity index is 1.84. The summed E-state index contributed by atoms with van der Waals surface area (Å²) in [6.45, 7) is 4.38. The van der Waals surface area contributed by atoms with E-state index in [4.69, 9.17) is 0 Å². The first-order chi connectivity index (χ1) is 12.0. The topological polar surface area (TPSA) is 75.5 Å². The van der Waals surface area contributed by atoms with Gasteiger partial charge in [-0.3, -0.25) is 14.9 Å². The lowest BCUT2D eigenvalue weighted by molar-refractivity contribution is -0.384. The SMILES string of the molecule is CC1CCN(c2ccc([N+](=O)[O-])cc2C(=O)NCc2cccs2)CC1. The number of rotatable bonds is 5. The minimum Gasteiger partial charge on any atom is -0.371 e. The highest BCUT2D eigenvalue weighted by Gasteiger charge is 2.23. The Labute approximate surface area is 150 Å². The van der Waals surface area contributed by atoms with E-state index >= 15 is 0 Å². The van der Waals surface area contributed by atoms with Crippen LogP contribution >= 0.6 is 11.3 Å². The number of nitro groups is 1. The maximum absolute atomic E-state index is 12.7. The molecule has 0 spiro atoms. The Kier molecular flexibility index (Phi) is 5.33. The third-order valence-electron chi connectivity index (χ3n) is 4.56. The predicted molar refractivity (Wildman–Crippen MR) is 99.2 cm³/mol. The molecular formula is C18H21N3O3S. The Morgan fingerprint density at radius 2 is 2.12 bits per heavy atom. The molecule has 25 heavy (non-hydrogen) atoms. The summed E-state index contributed by atoms with van der Waals surface area (Å²) in [4.78, 5) is 26.5. The zero-order chi connectivity index (χ0) is 17.8. The van der Waals surface area contributed by atoms with Gasteiger partial charge in [0.1, 0.15) is 0 Å². The minimum atomic E-state index is -0.460. The second kappa shape index (κ2) is 7.65. The number of hydrogen-bond acceptors (Lipinski definition) is 5. The largest absolute Gasteiger partial charge is 0.371 e. The van der Waals surface area contributed by atoms with Crippen molar-refractivity contribution in [3.8, 4) is 0 Å². The van der Waals surface area contributed by atoms with Crippen molar-refractivity contribution in [3.63, 3.8) is 0 Å². The molecule has 1 aromatic carbocycles. The van der Waals surface area contributed by atoms with Crippen molar-refractivity contribution < 1.29 is 9.72 Å². The molecule has 0 radical (unpaired) electrons. The van der Waals surface area contributed by atoms with Gasteiger partial charge >= 0.3 is 0 Å². The molecule has 2 aromatic rings. The first-order valence-electron chi connectivity index (χ1n) is 8.38. The Morgan fingerprint density at radius 1 is 1.36 bits per heavy atom. The highest BCUT2D eigenvalue weighted by atomic mass is 32.1. The molecule has 7 heteroatoms. The van der Waals surface area contributed by atoms with Gasteiger partial charge < -0.3 is 10.2 Å². The van der Waals surface area contributed by atoms with Crippen LogP contribution in [0.5, 0.6) is 0 Å². The smallest absolute Gasteiger partial charge is 0.270 e. The van der Waals surface area contributed by atoms with E-state index in [0.29, 0.717) is 18.0 Å². The molecule has 132 valence electrons. The summed E-state index contributed by atoms with van der Waals surface area (Å²) in [6, 6.07) is 8.44. The summed E-state index contributed by atoms with van der Waals surface area (Å²) in [7, 11) is 0. The normalized spacial score (nSPS) is 15.2. The number of carbonyl (C=O) groups excluding carboxylic acids is 1. The first-order valence-corrected chi connectivity index (χ1v) is 9.26. The van der Waals surface area contributed by atoms with Crippen molar-refractivity contribution in [3.05, 3.63) is 56.3 Å². The number of piperidine rings is 1. The number of amides is 1. The molecule has 3 rings (SSSR count). The average Bonchev–Trinajstić information content (AvgIpc) is 3.13. The third kappa shape index (κ3) is 4.17. The second-order valence-corrected chi connectivity index (χ2v) is 7.42. The van der Waals surface area contributed by atoms with Crippen LogP contribution in [0, 0.1) is 16.0 Å². The maximum Gasteiger partial charge on any atom is 0.270 e. The van der Waals surface area contributed by atoms with E-state index in [1.54, 1.807) is 17.4 Å². The van der Waals surface area contributed by atoms with E-state index in [1.165, 1.54) is 12.1 Å². The van der Waals surface area contributed by atoms with Crippen LogP contribution in [0.2, 0.25) is 0 Å². The fraction of sp³-hybridized carbons (Fsp3) is 0.389. The van der Waals surface area contributed by atoms with Gasteiger partial charge in [-0.1, -0.05) is 13.0 Å². The van der Waals surface area contributed by atoms with Gasteiger partial charge in [-0.2, -0.15) is 0 Å². The van der Waals surface area contributed by atoms with E-state index in [-0.39, 0.29) is 11.6 Å². The molecule has 6 nitrogen and oxygen atoms in total. The summed E-state index contributed by atoms with van der Waals surface area (Å²) >= 11 is 1.57. The molecule has 1 aliphatic heterocycles. The lowest BCUT2D eigenvalue weighted by Gasteiger charge is -2.33. The van der Waals surface area contributed by atoms with Crippen molar-refractivity contribution in [1.29, 1.82) is 0 Å². The van der Waals surface area contributed by atoms with Crippen molar-refractivity contribution in [2.24, 2.45) is 5.92 Å². The molecule has 0 unspecified atom stereocenters. The van der Waals surface area contributed by atoms with E-state index in [9.17, 15) is 14.9 Å². The number of hydrogen-bond donors (Lipinski definition) is 1. The van der Waals surface area contributed by atoms with Gasteiger partial charge in [-0.15, -0.1) is 11.3 Å². The van der Waals surface area contributed by atoms with Crippen LogP contribution in [-0.4, -0.2) is 23.9 Å². The quantitative estimate of drug-likeness (QED) is 0.650. The highest BCUT2D eigenvalue weighted by Crippen LogP contribution is 2.29. The van der Waals surface area contributed by atoms with Gasteiger partial charge in [0.2, 0.25) is 0 Å². The van der Waals surface area contributed by atoms with Crippen molar-refractivity contribution in [1.82, 2.24) is 5.32 Å². The van der Waals surface area contributed by atoms with E-state index in [0.717, 1.165) is 36.5 Å². The van der Waals surface area contributed by atoms with Gasteiger partial charge in [0, 0.05) is 30.1 Å². The number of non-ortho nitro benzene ring substituents is 1. The maximum atomic E-state index is 12.7. The van der Waals surface area contributed by atoms with E-state index < -0.39 is 4.92 Å². The Bertz CT molecular complexity index is 753. The fourth-order valence-electron chi connectivity index (χ4n) is 3.02. The molecule has 1 aromatic heterocycles. The van der Waals surface area contributed by atoms with Gasteiger partial charge in [0.05, 0.1) is 22.7 Å². The zero-order valence-corrected chi connectivity index (χ0v) is 14.9. The van der Waals surface area contributed by atoms with Crippen LogP contribution in [-0.2, 0) is 6.54 Å². The lowest BCUT2D eigenvalue weighted by atomic mass is 9.98. The zero-order valence-electron chi connectivity index (χ0n) is 14.1. The number of carbonyl (C=O) groups is 1. The van der Waals surface area contributed by atoms with Crippen LogP contribution in [0.1, 0.15) is 35.0 Å². The molecular weight excluding hydrogens is 338 g/mol. The summed E-state index contributed by atoms with van der Waals surface area (Å²) < 4.78 is 0. The van der Waals surface area contributed by atoms with Crippen LogP contribution in [0.3, 0.4) is 0 Å². The van der Waals surface area contributed by atoms with Crippen LogP contribution in [0.25, 0.3) is 0 Å². The molecule has 1 amide bonds. The molecule has 2 heterocycles. The molecule has 0 atom stereocenters. The standard InChI is InChI=1S/C18H21N3O3S/c1-13-6-8-20(9-7-13)17-5-4-14(21(23)24)11-16(17)18(22)19-12-15-3-2-10-25-15/h2-5,10-11,13H,6-9,12H2,1H3,(H,19,22). The molecule has 1 fully saturated rings. The Hall–Kier alpha value is -2.41. The van der Waals surface area contributed by atoms with Gasteiger partial charge in [0.25, 0.3) is 11.6 Å². The number of thiophene rings is 1. The number of anilines is 1. The van der Waals surface area contributed by atoms with Crippen LogP contribution in [0.4, 0.5) is 11.4 Å². The molecule has 0 aliphatic carbocycles.